The zero-order chi connectivity index (χ0) is 19.7. The number of halogens is 5. The Morgan fingerprint density at radius 2 is 1.56 bits per heavy atom. The van der Waals surface area contributed by atoms with Crippen LogP contribution in [0.25, 0.3) is 0 Å². The first-order valence-corrected chi connectivity index (χ1v) is 11.5. The molecule has 0 spiro atoms. The Balaban J connectivity index is 3.35. The van der Waals surface area contributed by atoms with Crippen molar-refractivity contribution in [3.8, 4) is 0 Å². The van der Waals surface area contributed by atoms with Gasteiger partial charge in [0.15, 0.2) is 13.9 Å². The average Bonchev–Trinajstić information content (AvgIpc) is 2.43. The van der Waals surface area contributed by atoms with Crippen molar-refractivity contribution in [1.29, 1.82) is 0 Å². The second-order valence-electron chi connectivity index (χ2n) is 7.50. The molecule has 25 heavy (non-hydrogen) atoms. The Morgan fingerprint density at radius 1 is 1.08 bits per heavy atom. The fourth-order valence-electron chi connectivity index (χ4n) is 2.83. The van der Waals surface area contributed by atoms with Crippen LogP contribution in [0.3, 0.4) is 0 Å². The van der Waals surface area contributed by atoms with Gasteiger partial charge in [0.05, 0.1) is 0 Å². The number of alkyl halides is 5. The van der Waals surface area contributed by atoms with Crippen molar-refractivity contribution in [2.45, 2.75) is 82.5 Å². The van der Waals surface area contributed by atoms with E-state index in [4.69, 9.17) is 9.16 Å². The Morgan fingerprint density at radius 3 is 1.92 bits per heavy atom. The first-order valence-electron chi connectivity index (χ1n) is 8.14. The highest BCUT2D eigenvalue weighted by Gasteiger charge is 2.69. The molecule has 3 nitrogen and oxygen atoms in total. The van der Waals surface area contributed by atoms with Gasteiger partial charge in [-0.3, -0.25) is 0 Å². The van der Waals surface area contributed by atoms with Crippen LogP contribution in [-0.4, -0.2) is 38.1 Å². The second kappa shape index (κ2) is 7.34. The molecule has 0 radical (unpaired) electrons. The van der Waals surface area contributed by atoms with E-state index in [0.29, 0.717) is 6.42 Å². The SMILES string of the molecule is C=C(C)C(=O)OC1(C(F)(F)C(O[Si](C)(C)C)C(F)(F)F)CCCCC1. The van der Waals surface area contributed by atoms with Crippen LogP contribution in [0.1, 0.15) is 39.0 Å². The summed E-state index contributed by atoms with van der Waals surface area (Å²) in [5.41, 5.74) is -2.68. The van der Waals surface area contributed by atoms with Gasteiger partial charge in [-0.25, -0.2) is 4.79 Å². The van der Waals surface area contributed by atoms with E-state index in [9.17, 15) is 18.0 Å². The summed E-state index contributed by atoms with van der Waals surface area (Å²) in [6.07, 6.45) is -8.21. The van der Waals surface area contributed by atoms with Crippen molar-refractivity contribution >= 4 is 14.3 Å². The first-order chi connectivity index (χ1) is 11.1. The Labute approximate surface area is 145 Å². The fraction of sp³-hybridized carbons (Fsp3) is 0.812. The number of hydrogen-bond acceptors (Lipinski definition) is 3. The number of hydrogen-bond donors (Lipinski definition) is 0. The van der Waals surface area contributed by atoms with Crippen molar-refractivity contribution in [1.82, 2.24) is 0 Å². The largest absolute Gasteiger partial charge is 0.449 e. The molecule has 0 N–H and O–H groups in total. The molecule has 0 aliphatic heterocycles. The molecule has 0 aromatic rings. The van der Waals surface area contributed by atoms with Crippen LogP contribution in [0.4, 0.5) is 22.0 Å². The maximum atomic E-state index is 15.1. The van der Waals surface area contributed by atoms with Crippen molar-refractivity contribution in [2.24, 2.45) is 0 Å². The number of carbonyl (C=O) groups is 1. The van der Waals surface area contributed by atoms with E-state index in [2.05, 4.69) is 6.58 Å². The lowest BCUT2D eigenvalue weighted by atomic mass is 9.77. The third-order valence-corrected chi connectivity index (χ3v) is 4.95. The predicted molar refractivity (Wildman–Crippen MR) is 85.9 cm³/mol. The highest BCUT2D eigenvalue weighted by molar-refractivity contribution is 6.69. The molecule has 0 amide bonds. The zero-order valence-corrected chi connectivity index (χ0v) is 15.9. The van der Waals surface area contributed by atoms with Crippen molar-refractivity contribution in [2.75, 3.05) is 0 Å². The van der Waals surface area contributed by atoms with E-state index < -0.39 is 38.1 Å². The van der Waals surface area contributed by atoms with E-state index in [0.717, 1.165) is 0 Å². The highest BCUT2D eigenvalue weighted by atomic mass is 28.4. The summed E-state index contributed by atoms with van der Waals surface area (Å²) < 4.78 is 80.4. The standard InChI is InChI=1S/C16H25F5O3Si/c1-11(2)12(22)23-14(9-7-6-8-10-14)15(17,18)13(16(19,20)21)24-25(3,4)5/h13H,1,6-10H2,2-5H3. The molecule has 0 saturated heterocycles. The van der Waals surface area contributed by atoms with Crippen molar-refractivity contribution < 1.29 is 35.9 Å². The van der Waals surface area contributed by atoms with E-state index in [1.807, 2.05) is 0 Å². The second-order valence-corrected chi connectivity index (χ2v) is 12.0. The van der Waals surface area contributed by atoms with Gasteiger partial charge >= 0.3 is 18.1 Å². The first kappa shape index (κ1) is 22.1. The lowest BCUT2D eigenvalue weighted by Gasteiger charge is -2.46. The van der Waals surface area contributed by atoms with Crippen LogP contribution in [0.15, 0.2) is 12.2 Å². The zero-order valence-electron chi connectivity index (χ0n) is 14.9. The van der Waals surface area contributed by atoms with Gasteiger partial charge in [0, 0.05) is 5.57 Å². The summed E-state index contributed by atoms with van der Waals surface area (Å²) in [5, 5.41) is 0. The number of rotatable bonds is 6. The number of esters is 1. The molecule has 0 heterocycles. The summed E-state index contributed by atoms with van der Waals surface area (Å²) in [6.45, 7) is 8.78. The maximum absolute atomic E-state index is 15.1. The average molecular weight is 388 g/mol. The van der Waals surface area contributed by atoms with Gasteiger partial charge in [0.2, 0.25) is 6.10 Å². The molecule has 1 saturated carbocycles. The molecule has 1 atom stereocenters. The van der Waals surface area contributed by atoms with Crippen LogP contribution in [-0.2, 0) is 14.0 Å². The molecule has 1 rings (SSSR count). The van der Waals surface area contributed by atoms with Crippen LogP contribution >= 0.6 is 0 Å². The minimum Gasteiger partial charge on any atom is -0.449 e. The molecule has 1 fully saturated rings. The summed E-state index contributed by atoms with van der Waals surface area (Å²) >= 11 is 0. The Hall–Kier alpha value is -0.963. The van der Waals surface area contributed by atoms with Gasteiger partial charge in [0.25, 0.3) is 0 Å². The van der Waals surface area contributed by atoms with Crippen LogP contribution < -0.4 is 0 Å². The topological polar surface area (TPSA) is 35.5 Å². The molecule has 0 bridgehead atoms. The van der Waals surface area contributed by atoms with Gasteiger partial charge in [-0.2, -0.15) is 22.0 Å². The Bertz CT molecular complexity index is 505. The van der Waals surface area contributed by atoms with Gasteiger partial charge in [0.1, 0.15) is 0 Å². The van der Waals surface area contributed by atoms with Gasteiger partial charge in [-0.15, -0.1) is 0 Å². The molecular weight excluding hydrogens is 363 g/mol. The molecule has 0 aromatic carbocycles. The lowest BCUT2D eigenvalue weighted by Crippen LogP contribution is -2.64. The van der Waals surface area contributed by atoms with E-state index in [1.54, 1.807) is 0 Å². The molecule has 1 aliphatic rings. The number of ether oxygens (including phenoxy) is 1. The van der Waals surface area contributed by atoms with Gasteiger partial charge in [-0.1, -0.05) is 13.0 Å². The third-order valence-electron chi connectivity index (χ3n) is 4.00. The summed E-state index contributed by atoms with van der Waals surface area (Å²) in [4.78, 5) is 11.9. The van der Waals surface area contributed by atoms with Gasteiger partial charge < -0.3 is 9.16 Å². The fourth-order valence-corrected chi connectivity index (χ4v) is 3.82. The van der Waals surface area contributed by atoms with Crippen LogP contribution in [0, 0.1) is 0 Å². The molecule has 9 heteroatoms. The summed E-state index contributed by atoms with van der Waals surface area (Å²) in [7, 11) is -2.96. The highest BCUT2D eigenvalue weighted by Crippen LogP contribution is 2.50. The smallest absolute Gasteiger partial charge is 0.419 e. The quantitative estimate of drug-likeness (QED) is 0.271. The predicted octanol–water partition coefficient (Wildman–Crippen LogP) is 5.23. The van der Waals surface area contributed by atoms with Gasteiger partial charge in [-0.05, 0) is 52.2 Å². The Kier molecular flexibility index (Phi) is 6.48. The van der Waals surface area contributed by atoms with E-state index in [1.165, 1.54) is 26.6 Å². The summed E-state index contributed by atoms with van der Waals surface area (Å²) in [6, 6.07) is 0. The van der Waals surface area contributed by atoms with Crippen molar-refractivity contribution in [3.05, 3.63) is 12.2 Å². The lowest BCUT2D eigenvalue weighted by molar-refractivity contribution is -0.314. The molecule has 0 aromatic heterocycles. The molecular formula is C16H25F5O3Si. The maximum Gasteiger partial charge on any atom is 0.419 e. The molecule has 1 aliphatic carbocycles. The normalized spacial score (nSPS) is 20.0. The van der Waals surface area contributed by atoms with E-state index in [-0.39, 0.29) is 31.3 Å². The molecule has 1 unspecified atom stereocenters. The van der Waals surface area contributed by atoms with E-state index >= 15 is 8.78 Å². The minimum atomic E-state index is -5.29. The molecule has 146 valence electrons. The third kappa shape index (κ3) is 5.26. The van der Waals surface area contributed by atoms with Crippen LogP contribution in [0.2, 0.25) is 19.6 Å². The minimum absolute atomic E-state index is 0.143. The monoisotopic (exact) mass is 388 g/mol. The number of carbonyl (C=O) groups excluding carboxylic acids is 1. The summed E-state index contributed by atoms with van der Waals surface area (Å²) in [5.74, 6) is -5.52. The van der Waals surface area contributed by atoms with Crippen molar-refractivity contribution in [3.63, 3.8) is 0 Å². The van der Waals surface area contributed by atoms with Crippen LogP contribution in [0.5, 0.6) is 0 Å².